The van der Waals surface area contributed by atoms with Gasteiger partial charge < -0.3 is 9.80 Å². The molecule has 0 radical (unpaired) electrons. The molecule has 3 aromatic rings. The maximum absolute atomic E-state index is 15.4. The molecule has 0 aliphatic rings. The quantitative estimate of drug-likeness (QED) is 0.227. The van der Waals surface area contributed by atoms with E-state index in [1.807, 2.05) is 23.8 Å². The first-order valence-corrected chi connectivity index (χ1v) is 16.3. The van der Waals surface area contributed by atoms with Crippen LogP contribution in [-0.4, -0.2) is 54.8 Å². The van der Waals surface area contributed by atoms with Gasteiger partial charge in [0.1, 0.15) is 5.82 Å². The largest absolute Gasteiger partial charge is 0.338 e. The number of amides is 3. The molecule has 0 saturated heterocycles. The predicted octanol–water partition coefficient (Wildman–Crippen LogP) is 5.45. The van der Waals surface area contributed by atoms with Gasteiger partial charge in [0.25, 0.3) is 10.0 Å². The van der Waals surface area contributed by atoms with E-state index in [2.05, 4.69) is 12.6 Å². The number of rotatable bonds is 14. The van der Waals surface area contributed by atoms with Gasteiger partial charge in [0.2, 0.25) is 17.7 Å². The summed E-state index contributed by atoms with van der Waals surface area (Å²) < 4.78 is 42.8. The molecule has 12 heteroatoms. The Bertz CT molecular complexity index is 1570. The predicted molar refractivity (Wildman–Crippen MR) is 169 cm³/mol. The van der Waals surface area contributed by atoms with Crippen LogP contribution in [0.3, 0.4) is 0 Å². The van der Waals surface area contributed by atoms with E-state index < -0.39 is 21.7 Å². The second kappa shape index (κ2) is 15.9. The third-order valence-electron chi connectivity index (χ3n) is 6.58. The summed E-state index contributed by atoms with van der Waals surface area (Å²) in [5.74, 6) is -1.30. The first-order valence-electron chi connectivity index (χ1n) is 13.8. The van der Waals surface area contributed by atoms with Crippen molar-refractivity contribution in [1.82, 2.24) is 14.5 Å². The molecule has 0 unspecified atom stereocenters. The van der Waals surface area contributed by atoms with Crippen molar-refractivity contribution in [2.75, 3.05) is 18.8 Å². The molecule has 43 heavy (non-hydrogen) atoms. The van der Waals surface area contributed by atoms with E-state index in [9.17, 15) is 22.8 Å². The monoisotopic (exact) mass is 647 g/mol. The normalized spacial score (nSPS) is 11.2. The molecule has 0 aromatic heterocycles. The molecule has 0 aliphatic carbocycles. The van der Waals surface area contributed by atoms with Gasteiger partial charge in [-0.05, 0) is 41.8 Å². The minimum Gasteiger partial charge on any atom is -0.338 e. The van der Waals surface area contributed by atoms with Crippen molar-refractivity contribution in [2.45, 2.75) is 51.1 Å². The molecular weight excluding hydrogens is 613 g/mol. The second-order valence-corrected chi connectivity index (χ2v) is 12.5. The van der Waals surface area contributed by atoms with Gasteiger partial charge in [0, 0.05) is 67.8 Å². The van der Waals surface area contributed by atoms with Crippen molar-refractivity contribution in [3.8, 4) is 11.1 Å². The number of nitrogens with zero attached hydrogens (tertiary/aromatic N) is 2. The Labute approximate surface area is 262 Å². The van der Waals surface area contributed by atoms with Crippen molar-refractivity contribution in [3.63, 3.8) is 0 Å². The maximum atomic E-state index is 15.4. The molecule has 8 nitrogen and oxygen atoms in total. The number of sulfonamides is 1. The molecule has 0 fully saturated rings. The summed E-state index contributed by atoms with van der Waals surface area (Å²) >= 11 is 10.4. The number of carbonyl (C=O) groups is 3. The average Bonchev–Trinajstić information content (AvgIpc) is 2.95. The number of benzene rings is 3. The fourth-order valence-corrected chi connectivity index (χ4v) is 6.23. The van der Waals surface area contributed by atoms with Crippen LogP contribution in [0.1, 0.15) is 44.2 Å². The molecule has 0 saturated carbocycles. The molecule has 0 atom stereocenters. The Kier molecular flexibility index (Phi) is 12.6. The lowest BCUT2D eigenvalue weighted by atomic mass is 10.0. The van der Waals surface area contributed by atoms with Crippen LogP contribution in [0.4, 0.5) is 4.39 Å². The van der Waals surface area contributed by atoms with E-state index in [0.717, 1.165) is 12.5 Å². The average molecular weight is 648 g/mol. The fraction of sp³-hybridized carbons (Fsp3) is 0.323. The minimum absolute atomic E-state index is 0.0396. The van der Waals surface area contributed by atoms with Gasteiger partial charge in [-0.25, -0.2) is 17.5 Å². The lowest BCUT2D eigenvalue weighted by molar-refractivity contribution is -0.135. The summed E-state index contributed by atoms with van der Waals surface area (Å²) in [6.07, 6.45) is 0.869. The van der Waals surface area contributed by atoms with Crippen LogP contribution in [0.2, 0.25) is 5.02 Å². The SMILES string of the molecule is CCCC(=O)N(CCC(=O)N(CCS)Cc1cccc(Cl)c1)Cc1ccc(-c2ccccc2S(=O)(=O)NC(C)=O)cc1F. The van der Waals surface area contributed by atoms with E-state index in [4.69, 9.17) is 11.6 Å². The van der Waals surface area contributed by atoms with Crippen molar-refractivity contribution in [3.05, 3.63) is 88.7 Å². The Hall–Kier alpha value is -3.41. The summed E-state index contributed by atoms with van der Waals surface area (Å²) in [4.78, 5) is 40.5. The minimum atomic E-state index is -4.17. The van der Waals surface area contributed by atoms with E-state index >= 15 is 4.39 Å². The molecule has 0 spiro atoms. The highest BCUT2D eigenvalue weighted by Crippen LogP contribution is 2.29. The summed E-state index contributed by atoms with van der Waals surface area (Å²) in [5.41, 5.74) is 1.59. The summed E-state index contributed by atoms with van der Waals surface area (Å²) in [5, 5.41) is 0.568. The number of hydrogen-bond donors (Lipinski definition) is 2. The number of halogens is 2. The zero-order valence-electron chi connectivity index (χ0n) is 24.1. The lowest BCUT2D eigenvalue weighted by Crippen LogP contribution is -2.37. The first kappa shape index (κ1) is 34.1. The van der Waals surface area contributed by atoms with Crippen LogP contribution < -0.4 is 4.72 Å². The molecule has 230 valence electrons. The first-order chi connectivity index (χ1) is 20.4. The fourth-order valence-electron chi connectivity index (χ4n) is 4.55. The Morgan fingerprint density at radius 3 is 2.26 bits per heavy atom. The lowest BCUT2D eigenvalue weighted by Gasteiger charge is -2.26. The Morgan fingerprint density at radius 2 is 1.60 bits per heavy atom. The van der Waals surface area contributed by atoms with Gasteiger partial charge in [0.05, 0.1) is 4.90 Å². The molecule has 1 N–H and O–H groups in total. The molecule has 3 aromatic carbocycles. The van der Waals surface area contributed by atoms with Crippen LogP contribution >= 0.6 is 24.2 Å². The zero-order valence-corrected chi connectivity index (χ0v) is 26.5. The zero-order chi connectivity index (χ0) is 31.6. The van der Waals surface area contributed by atoms with Gasteiger partial charge in [-0.1, -0.05) is 61.0 Å². The van der Waals surface area contributed by atoms with Crippen molar-refractivity contribution >= 4 is 52.0 Å². The highest BCUT2D eigenvalue weighted by atomic mass is 35.5. The summed E-state index contributed by atoms with van der Waals surface area (Å²) in [6, 6.07) is 17.5. The van der Waals surface area contributed by atoms with Crippen LogP contribution in [0.15, 0.2) is 71.6 Å². The van der Waals surface area contributed by atoms with Crippen molar-refractivity contribution in [2.24, 2.45) is 0 Å². The number of thiol groups is 1. The van der Waals surface area contributed by atoms with Crippen molar-refractivity contribution in [1.29, 1.82) is 0 Å². The van der Waals surface area contributed by atoms with Gasteiger partial charge in [0.15, 0.2) is 0 Å². The van der Waals surface area contributed by atoms with Crippen molar-refractivity contribution < 1.29 is 27.2 Å². The topological polar surface area (TPSA) is 104 Å². The number of carbonyl (C=O) groups excluding carboxylic acids is 3. The molecule has 3 rings (SSSR count). The third-order valence-corrected chi connectivity index (χ3v) is 8.50. The van der Waals surface area contributed by atoms with E-state index in [0.29, 0.717) is 30.3 Å². The Morgan fingerprint density at radius 1 is 0.907 bits per heavy atom. The Balaban J connectivity index is 1.80. The van der Waals surface area contributed by atoms with E-state index in [1.54, 1.807) is 29.2 Å². The molecular formula is C31H35ClFN3O5S2. The van der Waals surface area contributed by atoms with Crippen LogP contribution in [0, 0.1) is 5.82 Å². The molecule has 0 aliphatic heterocycles. The van der Waals surface area contributed by atoms with Crippen LogP contribution in [0.25, 0.3) is 11.1 Å². The van der Waals surface area contributed by atoms with Crippen LogP contribution in [0.5, 0.6) is 0 Å². The molecule has 3 amide bonds. The highest BCUT2D eigenvalue weighted by molar-refractivity contribution is 7.90. The maximum Gasteiger partial charge on any atom is 0.264 e. The van der Waals surface area contributed by atoms with E-state index in [-0.39, 0.29) is 59.3 Å². The highest BCUT2D eigenvalue weighted by Gasteiger charge is 2.23. The van der Waals surface area contributed by atoms with Gasteiger partial charge in [-0.15, -0.1) is 0 Å². The summed E-state index contributed by atoms with van der Waals surface area (Å²) in [6.45, 7) is 3.73. The van der Waals surface area contributed by atoms with Crippen LogP contribution in [-0.2, 0) is 37.5 Å². The molecule has 0 bridgehead atoms. The second-order valence-electron chi connectivity index (χ2n) is 9.95. The number of nitrogens with one attached hydrogen (secondary N) is 1. The van der Waals surface area contributed by atoms with E-state index in [1.165, 1.54) is 35.2 Å². The number of hydrogen-bond acceptors (Lipinski definition) is 6. The smallest absolute Gasteiger partial charge is 0.264 e. The summed E-state index contributed by atoms with van der Waals surface area (Å²) in [7, 11) is -4.17. The third kappa shape index (κ3) is 9.80. The molecule has 0 heterocycles. The van der Waals surface area contributed by atoms with Gasteiger partial charge in [-0.3, -0.25) is 14.4 Å². The van der Waals surface area contributed by atoms with Gasteiger partial charge >= 0.3 is 0 Å². The standard InChI is InChI=1S/C31H35ClFN3O5S2/c1-3-7-30(38)35(15-14-31(39)36(16-17-42)20-23-8-6-9-26(32)18-23)21-25-13-12-24(19-28(25)33)27-10-4-5-11-29(27)43(40,41)34-22(2)37/h4-6,8-13,18-19,42H,3,7,14-17,20-21H2,1-2H3,(H,34,37). The van der Waals surface area contributed by atoms with Gasteiger partial charge in [-0.2, -0.15) is 12.6 Å².